The molecule has 0 aliphatic rings. The number of benzene rings is 1. The van der Waals surface area contributed by atoms with E-state index in [-0.39, 0.29) is 23.7 Å². The molecule has 1 heterocycles. The Morgan fingerprint density at radius 3 is 2.50 bits per heavy atom. The first-order valence-corrected chi connectivity index (χ1v) is 9.69. The summed E-state index contributed by atoms with van der Waals surface area (Å²) in [6.07, 6.45) is 1.49. The van der Waals surface area contributed by atoms with Gasteiger partial charge in [0.2, 0.25) is 15.9 Å². The van der Waals surface area contributed by atoms with E-state index in [1.165, 1.54) is 39.7 Å². The van der Waals surface area contributed by atoms with Crippen LogP contribution in [0.2, 0.25) is 0 Å². The van der Waals surface area contributed by atoms with Gasteiger partial charge in [0.05, 0.1) is 33.6 Å². The molecular formula is C16H19BrN2O6S. The molecule has 0 spiro atoms. The van der Waals surface area contributed by atoms with E-state index in [2.05, 4.69) is 21.2 Å². The van der Waals surface area contributed by atoms with Crippen molar-refractivity contribution in [3.63, 3.8) is 0 Å². The third-order valence-electron chi connectivity index (χ3n) is 3.53. The minimum Gasteiger partial charge on any atom is -0.493 e. The number of rotatable bonds is 8. The summed E-state index contributed by atoms with van der Waals surface area (Å²) in [4.78, 5) is 12.0. The molecule has 1 aromatic heterocycles. The SMILES string of the molecule is COc1cc(Br)c(S(=O)(=O)N(C)CC(=O)NCc2ccco2)cc1OC. The van der Waals surface area contributed by atoms with Crippen LogP contribution in [0.1, 0.15) is 5.76 Å². The highest BCUT2D eigenvalue weighted by atomic mass is 79.9. The number of nitrogens with one attached hydrogen (secondary N) is 1. The van der Waals surface area contributed by atoms with Gasteiger partial charge in [-0.1, -0.05) is 0 Å². The topological polar surface area (TPSA) is 98.1 Å². The summed E-state index contributed by atoms with van der Waals surface area (Å²) < 4.78 is 42.2. The van der Waals surface area contributed by atoms with E-state index < -0.39 is 15.9 Å². The molecule has 0 atom stereocenters. The van der Waals surface area contributed by atoms with Gasteiger partial charge in [0.25, 0.3) is 0 Å². The van der Waals surface area contributed by atoms with Crippen LogP contribution in [0.15, 0.2) is 44.3 Å². The van der Waals surface area contributed by atoms with E-state index in [4.69, 9.17) is 13.9 Å². The number of carbonyl (C=O) groups excluding carboxylic acids is 1. The highest BCUT2D eigenvalue weighted by Crippen LogP contribution is 2.36. The normalized spacial score (nSPS) is 11.4. The Morgan fingerprint density at radius 2 is 1.92 bits per heavy atom. The summed E-state index contributed by atoms with van der Waals surface area (Å²) in [7, 11) is 0.260. The van der Waals surface area contributed by atoms with Crippen molar-refractivity contribution in [1.82, 2.24) is 9.62 Å². The van der Waals surface area contributed by atoms with Crippen molar-refractivity contribution in [2.75, 3.05) is 27.8 Å². The van der Waals surface area contributed by atoms with Gasteiger partial charge in [-0.05, 0) is 34.1 Å². The standard InChI is InChI=1S/C16H19BrN2O6S/c1-19(10-16(20)18-9-11-5-4-6-25-11)26(21,22)15-8-14(24-3)13(23-2)7-12(15)17/h4-8H,9-10H2,1-3H3,(H,18,20). The van der Waals surface area contributed by atoms with Crippen molar-refractivity contribution in [3.8, 4) is 11.5 Å². The molecule has 2 aromatic rings. The number of furan rings is 1. The second-order valence-corrected chi connectivity index (χ2v) is 8.12. The van der Waals surface area contributed by atoms with Gasteiger partial charge in [-0.2, -0.15) is 4.31 Å². The van der Waals surface area contributed by atoms with Crippen LogP contribution in [0.25, 0.3) is 0 Å². The molecule has 8 nitrogen and oxygen atoms in total. The first-order chi connectivity index (χ1) is 12.3. The average molecular weight is 447 g/mol. The Balaban J connectivity index is 2.14. The molecule has 1 amide bonds. The smallest absolute Gasteiger partial charge is 0.244 e. The van der Waals surface area contributed by atoms with Crippen LogP contribution in [-0.2, 0) is 21.4 Å². The summed E-state index contributed by atoms with van der Waals surface area (Å²) in [5.74, 6) is 0.776. The second kappa shape index (κ2) is 8.56. The monoisotopic (exact) mass is 446 g/mol. The summed E-state index contributed by atoms with van der Waals surface area (Å²) in [5.41, 5.74) is 0. The summed E-state index contributed by atoms with van der Waals surface area (Å²) in [6, 6.07) is 6.25. The van der Waals surface area contributed by atoms with E-state index in [9.17, 15) is 13.2 Å². The predicted octanol–water partition coefficient (Wildman–Crippen LogP) is 2.00. The summed E-state index contributed by atoms with van der Waals surface area (Å²) in [6.45, 7) is -0.163. The van der Waals surface area contributed by atoms with E-state index in [1.54, 1.807) is 12.1 Å². The Labute approximate surface area is 160 Å². The number of hydrogen-bond acceptors (Lipinski definition) is 6. The Kier molecular flexibility index (Phi) is 6.68. The Morgan fingerprint density at radius 1 is 1.27 bits per heavy atom. The molecule has 1 aromatic carbocycles. The minimum absolute atomic E-state index is 0.0310. The first-order valence-electron chi connectivity index (χ1n) is 7.46. The zero-order chi connectivity index (χ0) is 19.3. The van der Waals surface area contributed by atoms with Crippen LogP contribution in [0, 0.1) is 0 Å². The van der Waals surface area contributed by atoms with Crippen molar-refractivity contribution in [1.29, 1.82) is 0 Å². The fourth-order valence-corrected chi connectivity index (χ4v) is 4.26. The van der Waals surface area contributed by atoms with Crippen LogP contribution in [0.3, 0.4) is 0 Å². The fraction of sp³-hybridized carbons (Fsp3) is 0.312. The molecule has 0 aliphatic heterocycles. The third kappa shape index (κ3) is 4.57. The van der Waals surface area contributed by atoms with Crippen molar-refractivity contribution >= 4 is 31.9 Å². The van der Waals surface area contributed by atoms with Gasteiger partial charge in [0.15, 0.2) is 11.5 Å². The molecule has 0 aliphatic carbocycles. The van der Waals surface area contributed by atoms with Gasteiger partial charge in [0.1, 0.15) is 10.7 Å². The molecule has 1 N–H and O–H groups in total. The van der Waals surface area contributed by atoms with Crippen LogP contribution in [-0.4, -0.2) is 46.4 Å². The van der Waals surface area contributed by atoms with Gasteiger partial charge >= 0.3 is 0 Å². The molecule has 0 bridgehead atoms. The van der Waals surface area contributed by atoms with Crippen molar-refractivity contribution in [2.45, 2.75) is 11.4 Å². The molecule has 10 heteroatoms. The van der Waals surface area contributed by atoms with Crippen LogP contribution in [0.4, 0.5) is 0 Å². The molecular weight excluding hydrogens is 428 g/mol. The molecule has 2 rings (SSSR count). The average Bonchev–Trinajstić information content (AvgIpc) is 3.12. The fourth-order valence-electron chi connectivity index (χ4n) is 2.14. The number of hydrogen-bond donors (Lipinski definition) is 1. The largest absolute Gasteiger partial charge is 0.493 e. The maximum atomic E-state index is 12.8. The number of ether oxygens (including phenoxy) is 2. The maximum absolute atomic E-state index is 12.8. The van der Waals surface area contributed by atoms with Gasteiger partial charge in [-0.25, -0.2) is 8.42 Å². The van der Waals surface area contributed by atoms with E-state index in [0.29, 0.717) is 16.0 Å². The first kappa shape index (κ1) is 20.3. The lowest BCUT2D eigenvalue weighted by Gasteiger charge is -2.19. The van der Waals surface area contributed by atoms with Gasteiger partial charge < -0.3 is 19.2 Å². The second-order valence-electron chi connectivity index (χ2n) is 5.25. The number of sulfonamides is 1. The van der Waals surface area contributed by atoms with Crippen molar-refractivity contribution < 1.29 is 27.1 Å². The zero-order valence-electron chi connectivity index (χ0n) is 14.5. The molecule has 0 saturated heterocycles. The number of carbonyl (C=O) groups is 1. The number of methoxy groups -OCH3 is 2. The lowest BCUT2D eigenvalue weighted by molar-refractivity contribution is -0.121. The quantitative estimate of drug-likeness (QED) is 0.665. The van der Waals surface area contributed by atoms with Crippen molar-refractivity contribution in [2.24, 2.45) is 0 Å². The molecule has 0 unspecified atom stereocenters. The van der Waals surface area contributed by atoms with Crippen molar-refractivity contribution in [3.05, 3.63) is 40.8 Å². The number of amides is 1. The maximum Gasteiger partial charge on any atom is 0.244 e. The molecule has 0 saturated carbocycles. The van der Waals surface area contributed by atoms with Crippen LogP contribution in [0.5, 0.6) is 11.5 Å². The van der Waals surface area contributed by atoms with Crippen LogP contribution >= 0.6 is 15.9 Å². The third-order valence-corrected chi connectivity index (χ3v) is 6.29. The van der Waals surface area contributed by atoms with E-state index in [1.807, 2.05) is 0 Å². The predicted molar refractivity (Wildman–Crippen MR) is 97.6 cm³/mol. The Bertz CT molecular complexity index is 867. The summed E-state index contributed by atoms with van der Waals surface area (Å²) >= 11 is 3.22. The highest BCUT2D eigenvalue weighted by molar-refractivity contribution is 9.10. The summed E-state index contributed by atoms with van der Waals surface area (Å²) in [5, 5.41) is 2.60. The minimum atomic E-state index is -3.93. The number of likely N-dealkylation sites (N-methyl/N-ethyl adjacent to an activating group) is 1. The van der Waals surface area contributed by atoms with Gasteiger partial charge in [0, 0.05) is 17.6 Å². The number of halogens is 1. The lowest BCUT2D eigenvalue weighted by Crippen LogP contribution is -2.38. The number of nitrogens with zero attached hydrogens (tertiary/aromatic N) is 1. The van der Waals surface area contributed by atoms with E-state index in [0.717, 1.165) is 4.31 Å². The van der Waals surface area contributed by atoms with E-state index >= 15 is 0 Å². The zero-order valence-corrected chi connectivity index (χ0v) is 16.9. The molecule has 26 heavy (non-hydrogen) atoms. The Hall–Kier alpha value is -2.04. The highest BCUT2D eigenvalue weighted by Gasteiger charge is 2.27. The molecule has 0 fully saturated rings. The molecule has 0 radical (unpaired) electrons. The molecule has 142 valence electrons. The van der Waals surface area contributed by atoms with Crippen LogP contribution < -0.4 is 14.8 Å². The lowest BCUT2D eigenvalue weighted by atomic mass is 10.3. The van der Waals surface area contributed by atoms with Gasteiger partial charge in [-0.15, -0.1) is 0 Å². The van der Waals surface area contributed by atoms with Gasteiger partial charge in [-0.3, -0.25) is 4.79 Å².